The van der Waals surface area contributed by atoms with Gasteiger partial charge in [0.2, 0.25) is 5.91 Å². The van der Waals surface area contributed by atoms with Gasteiger partial charge < -0.3 is 24.1 Å². The summed E-state index contributed by atoms with van der Waals surface area (Å²) in [4.78, 5) is 24.4. The third-order valence-corrected chi connectivity index (χ3v) is 6.87. The number of likely N-dealkylation sites (tertiary alicyclic amines) is 1. The summed E-state index contributed by atoms with van der Waals surface area (Å²) in [5.74, 6) is 0.809. The molecular formula is C23H20N4O4S. The summed E-state index contributed by atoms with van der Waals surface area (Å²) in [6, 6.07) is 9.68. The highest BCUT2D eigenvalue weighted by atomic mass is 32.1. The quantitative estimate of drug-likeness (QED) is 0.500. The average molecular weight is 449 g/mol. The number of aliphatic hydroxyl groups is 1. The first-order valence-corrected chi connectivity index (χ1v) is 11.2. The van der Waals surface area contributed by atoms with Crippen LogP contribution >= 0.6 is 11.3 Å². The van der Waals surface area contributed by atoms with Crippen LogP contribution in [0.1, 0.15) is 5.56 Å². The van der Waals surface area contributed by atoms with Gasteiger partial charge in [-0.25, -0.2) is 4.98 Å². The minimum atomic E-state index is -0.424. The standard InChI is InChI=1S/C23H20N4O4S/c28-12-21(29)27-10-14-7-26(8-15(14)11-27)9-16-13-30-19-6-17(3-4-18(16)19)31-23-25-22-20(32-23)2-1-5-24-22/h1-7,13,15,28H,8-12H2. The van der Waals surface area contributed by atoms with Crippen molar-refractivity contribution in [2.24, 2.45) is 5.92 Å². The molecule has 32 heavy (non-hydrogen) atoms. The van der Waals surface area contributed by atoms with E-state index in [4.69, 9.17) is 14.3 Å². The fourth-order valence-electron chi connectivity index (χ4n) is 4.45. The second-order valence-corrected chi connectivity index (χ2v) is 9.08. The predicted octanol–water partition coefficient (Wildman–Crippen LogP) is 3.38. The number of hydrogen-bond acceptors (Lipinski definition) is 8. The molecule has 1 aromatic carbocycles. The molecule has 1 atom stereocenters. The van der Waals surface area contributed by atoms with E-state index in [2.05, 4.69) is 21.1 Å². The Morgan fingerprint density at radius 1 is 1.31 bits per heavy atom. The van der Waals surface area contributed by atoms with Crippen molar-refractivity contribution in [1.82, 2.24) is 19.8 Å². The zero-order valence-corrected chi connectivity index (χ0v) is 17.9. The molecule has 6 rings (SSSR count). The summed E-state index contributed by atoms with van der Waals surface area (Å²) in [5, 5.41) is 10.7. The van der Waals surface area contributed by atoms with Crippen molar-refractivity contribution in [1.29, 1.82) is 0 Å². The lowest BCUT2D eigenvalue weighted by Gasteiger charge is -2.20. The Balaban J connectivity index is 1.17. The van der Waals surface area contributed by atoms with Gasteiger partial charge in [0.25, 0.3) is 5.19 Å². The molecule has 2 aliphatic heterocycles. The van der Waals surface area contributed by atoms with Gasteiger partial charge in [0, 0.05) is 61.5 Å². The van der Waals surface area contributed by atoms with Crippen molar-refractivity contribution in [3.63, 3.8) is 0 Å². The summed E-state index contributed by atoms with van der Waals surface area (Å²) in [6.07, 6.45) is 5.66. The number of carbonyl (C=O) groups is 1. The molecule has 0 aliphatic carbocycles. The van der Waals surface area contributed by atoms with Crippen molar-refractivity contribution in [3.05, 3.63) is 60.1 Å². The number of benzene rings is 1. The maximum atomic E-state index is 11.7. The van der Waals surface area contributed by atoms with Crippen LogP contribution in [0, 0.1) is 5.92 Å². The summed E-state index contributed by atoms with van der Waals surface area (Å²) >= 11 is 1.46. The van der Waals surface area contributed by atoms with Crippen LogP contribution in [0.5, 0.6) is 10.9 Å². The zero-order chi connectivity index (χ0) is 21.7. The number of hydrogen-bond donors (Lipinski definition) is 1. The van der Waals surface area contributed by atoms with Crippen LogP contribution in [-0.2, 0) is 11.3 Å². The molecule has 0 radical (unpaired) electrons. The molecule has 1 unspecified atom stereocenters. The Morgan fingerprint density at radius 2 is 2.25 bits per heavy atom. The number of amides is 1. The largest absolute Gasteiger partial charge is 0.464 e. The van der Waals surface area contributed by atoms with E-state index < -0.39 is 6.61 Å². The molecule has 0 saturated carbocycles. The first kappa shape index (κ1) is 19.3. The van der Waals surface area contributed by atoms with E-state index in [0.717, 1.165) is 34.3 Å². The summed E-state index contributed by atoms with van der Waals surface area (Å²) in [5.41, 5.74) is 3.81. The van der Waals surface area contributed by atoms with Crippen molar-refractivity contribution in [3.8, 4) is 10.9 Å². The number of carbonyl (C=O) groups excluding carboxylic acids is 1. The number of thiazole rings is 1. The number of ether oxygens (including phenoxy) is 1. The maximum absolute atomic E-state index is 11.7. The van der Waals surface area contributed by atoms with Gasteiger partial charge in [0.05, 0.1) is 11.0 Å². The summed E-state index contributed by atoms with van der Waals surface area (Å²) in [6.45, 7) is 2.46. The number of nitrogens with zero attached hydrogens (tertiary/aromatic N) is 4. The number of furan rings is 1. The SMILES string of the molecule is O=C(CO)N1CC2=CN(Cc3coc4cc(Oc5nc6ncccc6s5)ccc34)CC2C1. The number of aromatic nitrogens is 2. The van der Waals surface area contributed by atoms with Crippen molar-refractivity contribution in [2.75, 3.05) is 26.2 Å². The minimum Gasteiger partial charge on any atom is -0.464 e. The van der Waals surface area contributed by atoms with Crippen LogP contribution in [0.15, 0.2) is 59.0 Å². The van der Waals surface area contributed by atoms with Gasteiger partial charge in [-0.3, -0.25) is 4.79 Å². The molecule has 0 bridgehead atoms. The zero-order valence-electron chi connectivity index (χ0n) is 17.1. The Labute approximate surface area is 187 Å². The highest BCUT2D eigenvalue weighted by Gasteiger charge is 2.35. The highest BCUT2D eigenvalue weighted by Crippen LogP contribution is 2.34. The number of aliphatic hydroxyl groups excluding tert-OH is 1. The van der Waals surface area contributed by atoms with E-state index in [1.807, 2.05) is 30.3 Å². The van der Waals surface area contributed by atoms with Gasteiger partial charge >= 0.3 is 0 Å². The molecule has 8 nitrogen and oxygen atoms in total. The van der Waals surface area contributed by atoms with Gasteiger partial charge in [0.1, 0.15) is 17.9 Å². The summed E-state index contributed by atoms with van der Waals surface area (Å²) < 4.78 is 12.7. The van der Waals surface area contributed by atoms with E-state index in [-0.39, 0.29) is 5.91 Å². The van der Waals surface area contributed by atoms with Crippen LogP contribution in [0.25, 0.3) is 21.3 Å². The van der Waals surface area contributed by atoms with E-state index >= 15 is 0 Å². The lowest BCUT2D eigenvalue weighted by Crippen LogP contribution is -2.33. The molecule has 5 heterocycles. The first-order chi connectivity index (χ1) is 15.7. The first-order valence-electron chi connectivity index (χ1n) is 10.4. The third kappa shape index (κ3) is 3.39. The second-order valence-electron chi connectivity index (χ2n) is 8.09. The van der Waals surface area contributed by atoms with Crippen molar-refractivity contribution in [2.45, 2.75) is 6.54 Å². The Morgan fingerprint density at radius 3 is 3.09 bits per heavy atom. The van der Waals surface area contributed by atoms with Gasteiger partial charge in [-0.1, -0.05) is 11.3 Å². The van der Waals surface area contributed by atoms with Crippen molar-refractivity contribution < 1.29 is 19.1 Å². The number of pyridine rings is 1. The summed E-state index contributed by atoms with van der Waals surface area (Å²) in [7, 11) is 0. The molecule has 4 aromatic rings. The van der Waals surface area contributed by atoms with Crippen LogP contribution in [0.3, 0.4) is 0 Å². The molecule has 1 amide bonds. The molecule has 0 spiro atoms. The highest BCUT2D eigenvalue weighted by molar-refractivity contribution is 7.20. The molecule has 1 N–H and O–H groups in total. The van der Waals surface area contributed by atoms with Crippen LogP contribution in [-0.4, -0.2) is 57.0 Å². The van der Waals surface area contributed by atoms with Gasteiger partial charge in [-0.05, 0) is 29.8 Å². The van der Waals surface area contributed by atoms with Crippen LogP contribution in [0.4, 0.5) is 0 Å². The van der Waals surface area contributed by atoms with Crippen LogP contribution in [0.2, 0.25) is 0 Å². The Kier molecular flexibility index (Phi) is 4.58. The number of fused-ring (bicyclic) bond motifs is 3. The lowest BCUT2D eigenvalue weighted by atomic mass is 10.1. The monoisotopic (exact) mass is 448 g/mol. The normalized spacial score (nSPS) is 17.9. The maximum Gasteiger partial charge on any atom is 0.281 e. The molecule has 1 fully saturated rings. The predicted molar refractivity (Wildman–Crippen MR) is 119 cm³/mol. The smallest absolute Gasteiger partial charge is 0.281 e. The lowest BCUT2D eigenvalue weighted by molar-refractivity contribution is -0.133. The van der Waals surface area contributed by atoms with Crippen LogP contribution < -0.4 is 4.74 Å². The van der Waals surface area contributed by atoms with Gasteiger partial charge in [-0.15, -0.1) is 0 Å². The van der Waals surface area contributed by atoms with E-state index in [1.54, 1.807) is 17.4 Å². The average Bonchev–Trinajstić information content (AvgIpc) is 3.55. The molecule has 9 heteroatoms. The Bertz CT molecular complexity index is 1330. The molecule has 162 valence electrons. The van der Waals surface area contributed by atoms with E-state index in [0.29, 0.717) is 35.6 Å². The minimum absolute atomic E-state index is 0.201. The molecule has 1 saturated heterocycles. The molecule has 2 aliphatic rings. The second kappa shape index (κ2) is 7.61. The molecular weight excluding hydrogens is 428 g/mol. The van der Waals surface area contributed by atoms with Gasteiger partial charge in [0.15, 0.2) is 5.65 Å². The number of rotatable bonds is 5. The fraction of sp³-hybridized carbons (Fsp3) is 0.261. The van der Waals surface area contributed by atoms with E-state index in [9.17, 15) is 4.79 Å². The topological polar surface area (TPSA) is 91.9 Å². The van der Waals surface area contributed by atoms with E-state index in [1.165, 1.54) is 16.9 Å². The third-order valence-electron chi connectivity index (χ3n) is 5.98. The van der Waals surface area contributed by atoms with Crippen molar-refractivity contribution >= 4 is 38.6 Å². The van der Waals surface area contributed by atoms with Gasteiger partial charge in [-0.2, -0.15) is 4.98 Å². The Hall–Kier alpha value is -3.43. The molecule has 3 aromatic heterocycles. The fourth-order valence-corrected chi connectivity index (χ4v) is 5.25.